The highest BCUT2D eigenvalue weighted by Gasteiger charge is 2.22. The minimum Gasteiger partial charge on any atom is -0.398 e. The molecule has 116 valence electrons. The number of hydrogen-bond donors (Lipinski definition) is 2. The van der Waals surface area contributed by atoms with Crippen molar-refractivity contribution in [1.29, 1.82) is 5.26 Å². The first-order valence-corrected chi connectivity index (χ1v) is 7.28. The molecule has 0 atom stereocenters. The molecule has 1 fully saturated rings. The average molecular weight is 320 g/mol. The molecular weight excluding hydrogens is 302 g/mol. The zero-order valence-corrected chi connectivity index (χ0v) is 13.1. The number of amides is 1. The summed E-state index contributed by atoms with van der Waals surface area (Å²) < 4.78 is 0. The highest BCUT2D eigenvalue weighted by Crippen LogP contribution is 2.22. The summed E-state index contributed by atoms with van der Waals surface area (Å²) >= 11 is 5.93. The fourth-order valence-corrected chi connectivity index (χ4v) is 2.27. The van der Waals surface area contributed by atoms with Crippen LogP contribution in [0.1, 0.15) is 0 Å². The molecular formula is C15H18ClN5O. The van der Waals surface area contributed by atoms with Crippen molar-refractivity contribution in [2.75, 3.05) is 44.3 Å². The molecule has 0 unspecified atom stereocenters. The molecule has 0 bridgehead atoms. The summed E-state index contributed by atoms with van der Waals surface area (Å²) in [5.41, 5.74) is 6.84. The van der Waals surface area contributed by atoms with Gasteiger partial charge in [0.1, 0.15) is 11.6 Å². The topological polar surface area (TPSA) is 85.4 Å². The molecule has 1 heterocycles. The molecule has 2 rings (SSSR count). The second-order valence-corrected chi connectivity index (χ2v) is 5.55. The van der Waals surface area contributed by atoms with Gasteiger partial charge in [0, 0.05) is 38.1 Å². The summed E-state index contributed by atoms with van der Waals surface area (Å²) in [4.78, 5) is 16.1. The smallest absolute Gasteiger partial charge is 0.266 e. The van der Waals surface area contributed by atoms with Crippen molar-refractivity contribution in [3.05, 3.63) is 35.0 Å². The lowest BCUT2D eigenvalue weighted by atomic mass is 10.2. The van der Waals surface area contributed by atoms with E-state index >= 15 is 0 Å². The molecule has 0 spiro atoms. The van der Waals surface area contributed by atoms with Gasteiger partial charge in [-0.25, -0.2) is 0 Å². The van der Waals surface area contributed by atoms with E-state index in [0.717, 1.165) is 13.1 Å². The van der Waals surface area contributed by atoms with Gasteiger partial charge in [0.25, 0.3) is 5.91 Å². The normalized spacial score (nSPS) is 16.2. The molecule has 1 saturated heterocycles. The minimum absolute atomic E-state index is 0.0671. The highest BCUT2D eigenvalue weighted by molar-refractivity contribution is 6.33. The van der Waals surface area contributed by atoms with E-state index in [1.165, 1.54) is 6.20 Å². The van der Waals surface area contributed by atoms with E-state index in [4.69, 9.17) is 17.3 Å². The maximum atomic E-state index is 12.3. The third-order valence-corrected chi connectivity index (χ3v) is 3.85. The fraction of sp³-hybridized carbons (Fsp3) is 0.333. The maximum Gasteiger partial charge on any atom is 0.266 e. The standard InChI is InChI=1S/C15H18ClN5O/c1-20-4-6-21(7-5-20)15(22)11(9-17)10-19-12-2-3-14(18)13(16)8-12/h2-3,8,10,19H,4-7,18H2,1H3/b11-10-. The van der Waals surface area contributed by atoms with Crippen molar-refractivity contribution in [2.45, 2.75) is 0 Å². The summed E-state index contributed by atoms with van der Waals surface area (Å²) in [7, 11) is 2.01. The zero-order valence-electron chi connectivity index (χ0n) is 12.3. The Labute approximate surface area is 134 Å². The summed E-state index contributed by atoms with van der Waals surface area (Å²) in [6, 6.07) is 6.97. The molecule has 1 aromatic carbocycles. The number of nitrogens with zero attached hydrogens (tertiary/aromatic N) is 3. The maximum absolute atomic E-state index is 12.3. The van der Waals surface area contributed by atoms with E-state index in [9.17, 15) is 10.1 Å². The Morgan fingerprint density at radius 3 is 2.68 bits per heavy atom. The van der Waals surface area contributed by atoms with Gasteiger partial charge in [-0.15, -0.1) is 0 Å². The molecule has 0 saturated carbocycles. The van der Waals surface area contributed by atoms with Gasteiger partial charge in [-0.05, 0) is 25.2 Å². The van der Waals surface area contributed by atoms with Crippen LogP contribution in [-0.4, -0.2) is 48.9 Å². The van der Waals surface area contributed by atoms with Crippen molar-refractivity contribution in [2.24, 2.45) is 0 Å². The van der Waals surface area contributed by atoms with Gasteiger partial charge in [0.2, 0.25) is 0 Å². The van der Waals surface area contributed by atoms with E-state index in [0.29, 0.717) is 29.5 Å². The lowest BCUT2D eigenvalue weighted by molar-refractivity contribution is -0.128. The van der Waals surface area contributed by atoms with Gasteiger partial charge in [0.05, 0.1) is 10.7 Å². The largest absolute Gasteiger partial charge is 0.398 e. The Hall–Kier alpha value is -2.23. The summed E-state index contributed by atoms with van der Waals surface area (Å²) in [6.07, 6.45) is 1.41. The number of rotatable bonds is 3. The lowest BCUT2D eigenvalue weighted by Gasteiger charge is -2.32. The van der Waals surface area contributed by atoms with Crippen molar-refractivity contribution in [3.63, 3.8) is 0 Å². The summed E-state index contributed by atoms with van der Waals surface area (Å²) in [5.74, 6) is -0.260. The molecule has 0 radical (unpaired) electrons. The molecule has 6 nitrogen and oxygen atoms in total. The monoisotopic (exact) mass is 319 g/mol. The lowest BCUT2D eigenvalue weighted by Crippen LogP contribution is -2.47. The van der Waals surface area contributed by atoms with Crippen LogP contribution < -0.4 is 11.1 Å². The predicted octanol–water partition coefficient (Wildman–Crippen LogP) is 1.52. The number of carbonyl (C=O) groups is 1. The van der Waals surface area contributed by atoms with Crippen LogP contribution in [0.2, 0.25) is 5.02 Å². The zero-order chi connectivity index (χ0) is 16.1. The first kappa shape index (κ1) is 16.1. The van der Waals surface area contributed by atoms with Gasteiger partial charge in [-0.2, -0.15) is 5.26 Å². The number of anilines is 2. The molecule has 1 aromatic rings. The van der Waals surface area contributed by atoms with Gasteiger partial charge in [-0.3, -0.25) is 4.79 Å². The second-order valence-electron chi connectivity index (χ2n) is 5.15. The van der Waals surface area contributed by atoms with E-state index in [-0.39, 0.29) is 11.5 Å². The number of nitrogen functional groups attached to an aromatic ring is 1. The van der Waals surface area contributed by atoms with Gasteiger partial charge in [0.15, 0.2) is 0 Å². The van der Waals surface area contributed by atoms with Gasteiger partial charge >= 0.3 is 0 Å². The Morgan fingerprint density at radius 1 is 1.41 bits per heavy atom. The van der Waals surface area contributed by atoms with Crippen molar-refractivity contribution < 1.29 is 4.79 Å². The molecule has 1 aliphatic rings. The van der Waals surface area contributed by atoms with Crippen LogP contribution >= 0.6 is 11.6 Å². The quantitative estimate of drug-likeness (QED) is 0.501. The Balaban J connectivity index is 2.05. The SMILES string of the molecule is CN1CCN(C(=O)/C(C#N)=C\Nc2ccc(N)c(Cl)c2)CC1. The first-order chi connectivity index (χ1) is 10.5. The number of benzene rings is 1. The number of piperazine rings is 1. The van der Waals surface area contributed by atoms with Crippen molar-refractivity contribution in [1.82, 2.24) is 9.80 Å². The number of halogens is 1. The molecule has 3 N–H and O–H groups in total. The van der Waals surface area contributed by atoms with E-state index < -0.39 is 0 Å². The third-order valence-electron chi connectivity index (χ3n) is 3.52. The van der Waals surface area contributed by atoms with Crippen LogP contribution in [0, 0.1) is 11.3 Å². The number of likely N-dealkylation sites (N-methyl/N-ethyl adjacent to an activating group) is 1. The van der Waals surface area contributed by atoms with Crippen molar-refractivity contribution >= 4 is 28.9 Å². The Kier molecular flexibility index (Phi) is 5.26. The highest BCUT2D eigenvalue weighted by atomic mass is 35.5. The van der Waals surface area contributed by atoms with Crippen LogP contribution in [0.15, 0.2) is 30.0 Å². The van der Waals surface area contributed by atoms with Crippen LogP contribution in [0.4, 0.5) is 11.4 Å². The number of nitrogens with one attached hydrogen (secondary N) is 1. The Morgan fingerprint density at radius 2 is 2.09 bits per heavy atom. The molecule has 7 heteroatoms. The Bertz CT molecular complexity index is 629. The van der Waals surface area contributed by atoms with Crippen LogP contribution in [0.25, 0.3) is 0 Å². The van der Waals surface area contributed by atoms with Crippen LogP contribution in [0.3, 0.4) is 0 Å². The molecule has 0 aliphatic carbocycles. The summed E-state index contributed by atoms with van der Waals surface area (Å²) in [6.45, 7) is 2.88. The predicted molar refractivity (Wildman–Crippen MR) is 87.3 cm³/mol. The number of nitrogens with two attached hydrogens (primary N) is 1. The second kappa shape index (κ2) is 7.16. The molecule has 1 amide bonds. The van der Waals surface area contributed by atoms with Crippen molar-refractivity contribution in [3.8, 4) is 6.07 Å². The number of carbonyl (C=O) groups excluding carboxylic acids is 1. The third kappa shape index (κ3) is 3.91. The molecule has 0 aromatic heterocycles. The minimum atomic E-state index is -0.260. The number of hydrogen-bond acceptors (Lipinski definition) is 5. The average Bonchev–Trinajstić information content (AvgIpc) is 2.52. The van der Waals surface area contributed by atoms with E-state index in [1.54, 1.807) is 23.1 Å². The summed E-state index contributed by atoms with van der Waals surface area (Å²) in [5, 5.41) is 12.5. The molecule has 22 heavy (non-hydrogen) atoms. The van der Waals surface area contributed by atoms with Crippen LogP contribution in [0.5, 0.6) is 0 Å². The first-order valence-electron chi connectivity index (χ1n) is 6.91. The van der Waals surface area contributed by atoms with E-state index in [2.05, 4.69) is 10.2 Å². The van der Waals surface area contributed by atoms with Crippen LogP contribution in [-0.2, 0) is 4.79 Å². The van der Waals surface area contributed by atoms with Gasteiger partial charge in [-0.1, -0.05) is 11.6 Å². The number of nitriles is 1. The fourth-order valence-electron chi connectivity index (χ4n) is 2.09. The van der Waals surface area contributed by atoms with E-state index in [1.807, 2.05) is 13.1 Å². The molecule has 1 aliphatic heterocycles. The van der Waals surface area contributed by atoms with Gasteiger partial charge < -0.3 is 20.9 Å².